The van der Waals surface area contributed by atoms with Crippen molar-refractivity contribution in [3.8, 4) is 39.1 Å². The second-order valence-electron chi connectivity index (χ2n) is 16.3. The van der Waals surface area contributed by atoms with E-state index in [1.165, 1.54) is 5.39 Å². The quantitative estimate of drug-likeness (QED) is 0.161. The highest BCUT2D eigenvalue weighted by Crippen LogP contribution is 2.44. The lowest BCUT2D eigenvalue weighted by molar-refractivity contribution is 0.669. The SMILES string of the molecule is c1ccc(-c2cc(N(c3ccc(-c4cccc5c4oc4ccccc45)cc3)c3ccc(-c4cccc5c4oc4ccccc45)cc3)ccc2-n2c3ccccc3c3cccnc32)cc1. The van der Waals surface area contributed by atoms with Gasteiger partial charge in [0.15, 0.2) is 0 Å². The summed E-state index contributed by atoms with van der Waals surface area (Å²) in [5.41, 5.74) is 16.2. The highest BCUT2D eigenvalue weighted by atomic mass is 16.3. The molecule has 0 spiro atoms. The fourth-order valence-corrected chi connectivity index (χ4v) is 9.72. The molecular weight excluding hydrogens is 783 g/mol. The van der Waals surface area contributed by atoms with Gasteiger partial charge in [0.1, 0.15) is 28.0 Å². The molecule has 0 bridgehead atoms. The van der Waals surface area contributed by atoms with Gasteiger partial charge in [-0.25, -0.2) is 4.98 Å². The summed E-state index contributed by atoms with van der Waals surface area (Å²) in [7, 11) is 0. The van der Waals surface area contributed by atoms with Crippen molar-refractivity contribution in [3.05, 3.63) is 225 Å². The van der Waals surface area contributed by atoms with Crippen LogP contribution in [0.1, 0.15) is 0 Å². The summed E-state index contributed by atoms with van der Waals surface area (Å²) in [5.74, 6) is 0. The van der Waals surface area contributed by atoms with E-state index in [0.717, 1.165) is 117 Å². The monoisotopic (exact) mass is 819 g/mol. The van der Waals surface area contributed by atoms with E-state index in [1.54, 1.807) is 0 Å². The fourth-order valence-electron chi connectivity index (χ4n) is 9.72. The Hall–Kier alpha value is -8.67. The van der Waals surface area contributed by atoms with Gasteiger partial charge in [0.2, 0.25) is 0 Å². The first-order chi connectivity index (χ1) is 31.7. The summed E-state index contributed by atoms with van der Waals surface area (Å²) in [6.07, 6.45) is 1.88. The van der Waals surface area contributed by atoms with Gasteiger partial charge in [-0.05, 0) is 89.5 Å². The van der Waals surface area contributed by atoms with Crippen LogP contribution in [0.3, 0.4) is 0 Å². The summed E-state index contributed by atoms with van der Waals surface area (Å²) >= 11 is 0. The van der Waals surface area contributed by atoms with Crippen LogP contribution in [-0.4, -0.2) is 9.55 Å². The molecule has 300 valence electrons. The van der Waals surface area contributed by atoms with Gasteiger partial charge in [0, 0.05) is 72.3 Å². The van der Waals surface area contributed by atoms with Gasteiger partial charge in [0.05, 0.1) is 11.2 Å². The van der Waals surface area contributed by atoms with Gasteiger partial charge < -0.3 is 13.7 Å². The van der Waals surface area contributed by atoms with Crippen molar-refractivity contribution in [1.29, 1.82) is 0 Å². The standard InChI is InChI=1S/C59H37N3O2/c1-2-13-38(14-3-1)52-37-43(34-35-54(52)62-53-23-7-4-15-46(53)51-22-12-36-60-59(51)62)61(41-30-26-39(27-31-41)44-18-10-20-49-47-16-5-8-24-55(47)63-57(44)49)42-32-28-40(29-33-42)45-19-11-21-50-48-17-6-9-25-56(48)64-58(45)50/h1-37H. The van der Waals surface area contributed by atoms with E-state index >= 15 is 0 Å². The Morgan fingerprint density at radius 2 is 0.859 bits per heavy atom. The van der Waals surface area contributed by atoms with Crippen LogP contribution in [-0.2, 0) is 0 Å². The molecule has 5 nitrogen and oxygen atoms in total. The Kier molecular flexibility index (Phi) is 8.15. The predicted octanol–water partition coefficient (Wildman–Crippen LogP) is 16.4. The molecule has 4 heterocycles. The van der Waals surface area contributed by atoms with Crippen LogP contribution in [0.5, 0.6) is 0 Å². The van der Waals surface area contributed by atoms with Gasteiger partial charge in [-0.1, -0.05) is 146 Å². The average Bonchev–Trinajstić information content (AvgIpc) is 4.05. The van der Waals surface area contributed by atoms with E-state index in [2.05, 4.69) is 198 Å². The second kappa shape index (κ2) is 14.5. The second-order valence-corrected chi connectivity index (χ2v) is 16.3. The van der Waals surface area contributed by atoms with Crippen molar-refractivity contribution >= 4 is 82.9 Å². The minimum Gasteiger partial charge on any atom is -0.455 e. The molecule has 4 aromatic heterocycles. The largest absolute Gasteiger partial charge is 0.455 e. The molecule has 0 saturated carbocycles. The van der Waals surface area contributed by atoms with Crippen LogP contribution in [0.25, 0.3) is 105 Å². The third-order valence-electron chi connectivity index (χ3n) is 12.7. The normalized spacial score (nSPS) is 11.8. The Morgan fingerprint density at radius 3 is 1.48 bits per heavy atom. The third-order valence-corrected chi connectivity index (χ3v) is 12.7. The molecule has 64 heavy (non-hydrogen) atoms. The lowest BCUT2D eigenvalue weighted by Crippen LogP contribution is -2.11. The molecule has 9 aromatic carbocycles. The van der Waals surface area contributed by atoms with Crippen LogP contribution in [0.15, 0.2) is 233 Å². The van der Waals surface area contributed by atoms with E-state index < -0.39 is 0 Å². The molecule has 0 N–H and O–H groups in total. The van der Waals surface area contributed by atoms with E-state index in [4.69, 9.17) is 13.8 Å². The van der Waals surface area contributed by atoms with Crippen LogP contribution in [0.2, 0.25) is 0 Å². The molecule has 0 atom stereocenters. The number of para-hydroxylation sites is 5. The minimum atomic E-state index is 0.891. The molecule has 13 rings (SSSR count). The highest BCUT2D eigenvalue weighted by molar-refractivity contribution is 6.11. The zero-order valence-corrected chi connectivity index (χ0v) is 34.5. The van der Waals surface area contributed by atoms with E-state index in [0.29, 0.717) is 0 Å². The van der Waals surface area contributed by atoms with Crippen molar-refractivity contribution in [2.24, 2.45) is 0 Å². The summed E-state index contributed by atoms with van der Waals surface area (Å²) in [5, 5.41) is 6.77. The maximum Gasteiger partial charge on any atom is 0.145 e. The van der Waals surface area contributed by atoms with Crippen molar-refractivity contribution in [2.45, 2.75) is 0 Å². The van der Waals surface area contributed by atoms with Crippen LogP contribution in [0, 0.1) is 0 Å². The molecule has 13 aromatic rings. The molecule has 0 fully saturated rings. The molecule has 0 saturated heterocycles. The van der Waals surface area contributed by atoms with Gasteiger partial charge in [0.25, 0.3) is 0 Å². The van der Waals surface area contributed by atoms with Gasteiger partial charge in [-0.15, -0.1) is 0 Å². The zero-order chi connectivity index (χ0) is 42.1. The number of fused-ring (bicyclic) bond motifs is 9. The van der Waals surface area contributed by atoms with Crippen molar-refractivity contribution in [2.75, 3.05) is 4.90 Å². The summed E-state index contributed by atoms with van der Waals surface area (Å²) in [6.45, 7) is 0. The fraction of sp³-hybridized carbons (Fsp3) is 0. The lowest BCUT2D eigenvalue weighted by Gasteiger charge is -2.27. The summed E-state index contributed by atoms with van der Waals surface area (Å²) in [6, 6.07) is 77.2. The number of aromatic nitrogens is 2. The maximum absolute atomic E-state index is 6.47. The third kappa shape index (κ3) is 5.68. The molecule has 0 unspecified atom stereocenters. The summed E-state index contributed by atoms with van der Waals surface area (Å²) in [4.78, 5) is 7.29. The van der Waals surface area contributed by atoms with Gasteiger partial charge >= 0.3 is 0 Å². The van der Waals surface area contributed by atoms with Gasteiger partial charge in [-0.2, -0.15) is 0 Å². The molecule has 0 aliphatic rings. The minimum absolute atomic E-state index is 0.891. The van der Waals surface area contributed by atoms with E-state index in [1.807, 2.05) is 36.5 Å². The molecule has 0 aliphatic carbocycles. The molecular formula is C59H37N3O2. The maximum atomic E-state index is 6.47. The van der Waals surface area contributed by atoms with Crippen molar-refractivity contribution in [1.82, 2.24) is 9.55 Å². The van der Waals surface area contributed by atoms with Crippen molar-refractivity contribution < 1.29 is 8.83 Å². The first kappa shape index (κ1) is 36.0. The average molecular weight is 820 g/mol. The van der Waals surface area contributed by atoms with Gasteiger partial charge in [-0.3, -0.25) is 4.57 Å². The Morgan fingerprint density at radius 1 is 0.359 bits per heavy atom. The number of furan rings is 2. The summed E-state index contributed by atoms with van der Waals surface area (Å²) < 4.78 is 15.3. The molecule has 0 radical (unpaired) electrons. The van der Waals surface area contributed by atoms with E-state index in [-0.39, 0.29) is 0 Å². The zero-order valence-electron chi connectivity index (χ0n) is 34.5. The highest BCUT2D eigenvalue weighted by Gasteiger charge is 2.21. The van der Waals surface area contributed by atoms with E-state index in [9.17, 15) is 0 Å². The topological polar surface area (TPSA) is 47.3 Å². The Bertz CT molecular complexity index is 3690. The number of rotatable bonds is 7. The van der Waals surface area contributed by atoms with Crippen LogP contribution < -0.4 is 4.90 Å². The first-order valence-electron chi connectivity index (χ1n) is 21.6. The molecule has 0 aliphatic heterocycles. The number of nitrogens with zero attached hydrogens (tertiary/aromatic N) is 3. The first-order valence-corrected chi connectivity index (χ1v) is 21.6. The lowest BCUT2D eigenvalue weighted by atomic mass is 9.99. The van der Waals surface area contributed by atoms with Crippen molar-refractivity contribution in [3.63, 3.8) is 0 Å². The molecule has 0 amide bonds. The van der Waals surface area contributed by atoms with Crippen LogP contribution in [0.4, 0.5) is 17.1 Å². The predicted molar refractivity (Wildman–Crippen MR) is 264 cm³/mol. The number of pyridine rings is 1. The number of benzene rings is 9. The smallest absolute Gasteiger partial charge is 0.145 e. The Labute approximate surface area is 368 Å². The number of hydrogen-bond acceptors (Lipinski definition) is 4. The Balaban J connectivity index is 0.986. The van der Waals surface area contributed by atoms with Crippen LogP contribution >= 0.6 is 0 Å². The molecule has 5 heteroatoms. The number of anilines is 3. The number of hydrogen-bond donors (Lipinski definition) is 0.